The number of aliphatic hydroxyl groups excluding tert-OH is 2. The number of ether oxygens (including phenoxy) is 6. The van der Waals surface area contributed by atoms with Crippen molar-refractivity contribution in [3.8, 4) is 34.5 Å². The molecule has 3 aromatic rings. The van der Waals surface area contributed by atoms with E-state index in [1.54, 1.807) is 60.5 Å². The van der Waals surface area contributed by atoms with Gasteiger partial charge in [0.15, 0.2) is 23.0 Å². The van der Waals surface area contributed by atoms with Gasteiger partial charge in [-0.1, -0.05) is 12.1 Å². The summed E-state index contributed by atoms with van der Waals surface area (Å²) in [7, 11) is -2.73. The molecule has 0 spiro atoms. The maximum Gasteiger partial charge on any atom is 0.554 e. The third-order valence-corrected chi connectivity index (χ3v) is 13.1. The second-order valence-electron chi connectivity index (χ2n) is 13.2. The topological polar surface area (TPSA) is 256 Å². The van der Waals surface area contributed by atoms with Crippen molar-refractivity contribution in [3.05, 3.63) is 70.8 Å². The zero-order valence-corrected chi connectivity index (χ0v) is 32.9. The number of carbonyl (C=O) groups is 1. The molecule has 1 aliphatic carbocycles. The number of rotatable bonds is 18. The number of nitrogens with zero attached hydrogens (tertiary/aromatic N) is 2. The van der Waals surface area contributed by atoms with E-state index < -0.39 is 63.5 Å². The number of amides is 1. The average Bonchev–Trinajstić information content (AvgIpc) is 3.64. The summed E-state index contributed by atoms with van der Waals surface area (Å²) in [5.74, 6) is -0.953. The first-order valence-electron chi connectivity index (χ1n) is 17.4. The Kier molecular flexibility index (Phi) is 14.0. The highest BCUT2D eigenvalue weighted by atomic mass is 31.2. The molecule has 1 amide bonds. The van der Waals surface area contributed by atoms with Gasteiger partial charge in [-0.3, -0.25) is 9.36 Å². The number of benzene rings is 3. The van der Waals surface area contributed by atoms with E-state index in [9.17, 15) is 43.9 Å². The Hall–Kier alpha value is -4.35. The summed E-state index contributed by atoms with van der Waals surface area (Å²) in [5, 5.41) is 33.4. The van der Waals surface area contributed by atoms with Crippen molar-refractivity contribution in [2.45, 2.75) is 29.9 Å². The molecule has 3 aromatic carbocycles. The Balaban J connectivity index is 1.30. The maximum absolute atomic E-state index is 14.1. The van der Waals surface area contributed by atoms with Gasteiger partial charge in [0.1, 0.15) is 5.75 Å². The van der Waals surface area contributed by atoms with Crippen molar-refractivity contribution >= 4 is 27.7 Å². The minimum Gasteiger partial charge on any atom is -0.494 e. The van der Waals surface area contributed by atoms with Crippen LogP contribution in [0.25, 0.3) is 0 Å². The number of nitrogens with one attached hydrogen (secondary N) is 1. The largest absolute Gasteiger partial charge is 0.554 e. The minimum atomic E-state index is -5.25. The van der Waals surface area contributed by atoms with Crippen molar-refractivity contribution in [2.75, 3.05) is 61.5 Å². The molecule has 20 heteroatoms. The normalized spacial score (nSPS) is 20.3. The van der Waals surface area contributed by atoms with E-state index >= 15 is 0 Å². The SMILES string of the molecule is COc1cc([C@@H]2c3cc4c(cc3[C@H](O)[C@@H](CO)[C@H]2C(=O)N/N=C/c2cccc(OCCCN(C)CCC(O)([P+](=O)O)P(=O)(O)O)c2)OCO4)cc(OC)c1OC. The summed E-state index contributed by atoms with van der Waals surface area (Å²) < 4.78 is 56.8. The molecule has 7 N–H and O–H groups in total. The molecule has 2 aliphatic rings. The lowest BCUT2D eigenvalue weighted by Gasteiger charge is -2.41. The van der Waals surface area contributed by atoms with Gasteiger partial charge in [0.25, 0.3) is 0 Å². The first-order chi connectivity index (χ1) is 26.7. The van der Waals surface area contributed by atoms with Gasteiger partial charge in [-0.2, -0.15) is 9.99 Å². The highest BCUT2D eigenvalue weighted by Gasteiger charge is 2.62. The predicted octanol–water partition coefficient (Wildman–Crippen LogP) is 2.64. The van der Waals surface area contributed by atoms with Crippen molar-refractivity contribution in [1.82, 2.24) is 10.3 Å². The molecule has 0 aromatic heterocycles. The van der Waals surface area contributed by atoms with Crippen LogP contribution in [-0.4, -0.2) is 114 Å². The van der Waals surface area contributed by atoms with Gasteiger partial charge in [-0.05, 0) is 76.7 Å². The van der Waals surface area contributed by atoms with Crippen LogP contribution < -0.4 is 33.8 Å². The van der Waals surface area contributed by atoms with Crippen molar-refractivity contribution in [1.29, 1.82) is 0 Å². The molecule has 0 fully saturated rings. The van der Waals surface area contributed by atoms with Crippen LogP contribution in [-0.2, 0) is 13.9 Å². The van der Waals surface area contributed by atoms with Gasteiger partial charge in [0.05, 0.1) is 52.6 Å². The van der Waals surface area contributed by atoms with E-state index in [2.05, 4.69) is 10.5 Å². The van der Waals surface area contributed by atoms with E-state index in [4.69, 9.17) is 28.4 Å². The van der Waals surface area contributed by atoms with E-state index in [1.807, 2.05) is 0 Å². The standard InChI is InChI=1S/C36H45N3O15P2/c1-39(11-9-36(43,55(44)45)56(46,47)48)10-6-12-52-23-8-5-7-21(13-23)18-37-38-35(42)32-26(19-40)33(41)25-17-28-27(53-20-54-28)16-24(25)31(32)22-14-29(49-2)34(51-4)30(15-22)50-3/h5,7-8,13-18,26,31-33,40-41,43H,6,9-12,19-20H2,1-4H3,(H3-,38,42,44,45,46,47,48)/p+1/b37-18+/t26-,31+,32+,33-,36?/m0/s1. The lowest BCUT2D eigenvalue weighted by atomic mass is 9.65. The number of fused-ring (bicyclic) bond motifs is 2. The Bertz CT molecular complexity index is 1950. The van der Waals surface area contributed by atoms with Gasteiger partial charge < -0.3 is 58.4 Å². The van der Waals surface area contributed by atoms with Gasteiger partial charge in [-0.15, -0.1) is 0 Å². The number of hydrazone groups is 1. The second-order valence-corrected chi connectivity index (χ2v) is 16.7. The van der Waals surface area contributed by atoms with Crippen LogP contribution in [0.1, 0.15) is 47.1 Å². The Labute approximate surface area is 323 Å². The summed E-state index contributed by atoms with van der Waals surface area (Å²) in [6, 6.07) is 13.7. The zero-order chi connectivity index (χ0) is 40.8. The molecule has 304 valence electrons. The summed E-state index contributed by atoms with van der Waals surface area (Å²) in [4.78, 5) is 43.7. The zero-order valence-electron chi connectivity index (χ0n) is 31.1. The fourth-order valence-corrected chi connectivity index (χ4v) is 8.43. The van der Waals surface area contributed by atoms with Crippen LogP contribution in [0.3, 0.4) is 0 Å². The van der Waals surface area contributed by atoms with Gasteiger partial charge in [0.2, 0.25) is 18.4 Å². The van der Waals surface area contributed by atoms with Crippen LogP contribution in [0.2, 0.25) is 0 Å². The molecule has 2 unspecified atom stereocenters. The third kappa shape index (κ3) is 9.10. The second kappa shape index (κ2) is 18.3. The molecule has 1 aliphatic heterocycles. The molecule has 56 heavy (non-hydrogen) atoms. The van der Waals surface area contributed by atoms with Gasteiger partial charge >= 0.3 is 20.7 Å². The molecule has 5 rings (SSSR count). The molecule has 1 heterocycles. The van der Waals surface area contributed by atoms with Crippen LogP contribution in [0.5, 0.6) is 34.5 Å². The Morgan fingerprint density at radius 1 is 1.05 bits per heavy atom. The average molecular weight is 823 g/mol. The number of hydrogen-bond donors (Lipinski definition) is 7. The summed E-state index contributed by atoms with van der Waals surface area (Å²) in [6.07, 6.45) is 0.0405. The Morgan fingerprint density at radius 2 is 1.71 bits per heavy atom. The van der Waals surface area contributed by atoms with Crippen LogP contribution in [0.15, 0.2) is 53.6 Å². The fraction of sp³-hybridized carbons (Fsp3) is 0.444. The van der Waals surface area contributed by atoms with Crippen LogP contribution in [0, 0.1) is 11.8 Å². The van der Waals surface area contributed by atoms with Crippen molar-refractivity contribution in [3.63, 3.8) is 0 Å². The number of methoxy groups -OCH3 is 3. The van der Waals surface area contributed by atoms with Crippen molar-refractivity contribution < 1.29 is 72.3 Å². The molecule has 18 nitrogen and oxygen atoms in total. The molecule has 6 atom stereocenters. The third-order valence-electron chi connectivity index (χ3n) is 9.82. The molecule has 0 saturated carbocycles. The van der Waals surface area contributed by atoms with E-state index in [0.717, 1.165) is 0 Å². The Morgan fingerprint density at radius 3 is 2.30 bits per heavy atom. The molecule has 0 bridgehead atoms. The van der Waals surface area contributed by atoms with E-state index in [0.29, 0.717) is 69.7 Å². The van der Waals surface area contributed by atoms with Gasteiger partial charge in [-0.25, -0.2) is 5.43 Å². The number of aliphatic hydroxyl groups is 3. The fourth-order valence-electron chi connectivity index (χ4n) is 6.85. The maximum atomic E-state index is 14.1. The summed E-state index contributed by atoms with van der Waals surface area (Å²) in [5.41, 5.74) is 4.79. The van der Waals surface area contributed by atoms with E-state index in [-0.39, 0.29) is 19.9 Å². The highest BCUT2D eigenvalue weighted by molar-refractivity contribution is 7.66. The smallest absolute Gasteiger partial charge is 0.494 e. The first-order valence-corrected chi connectivity index (χ1v) is 20.2. The lowest BCUT2D eigenvalue weighted by Crippen LogP contribution is -2.44. The van der Waals surface area contributed by atoms with Crippen molar-refractivity contribution in [2.24, 2.45) is 16.9 Å². The van der Waals surface area contributed by atoms with Gasteiger partial charge in [0, 0.05) is 31.5 Å². The molecule has 0 saturated heterocycles. The first kappa shape index (κ1) is 42.8. The lowest BCUT2D eigenvalue weighted by molar-refractivity contribution is -0.131. The number of hydrogen-bond acceptors (Lipinski definition) is 14. The quantitative estimate of drug-likeness (QED) is 0.0421. The monoisotopic (exact) mass is 822 g/mol. The van der Waals surface area contributed by atoms with Crippen LogP contribution >= 0.6 is 15.6 Å². The molecular formula is C36H46N3O15P2+. The minimum absolute atomic E-state index is 0.0119. The van der Waals surface area contributed by atoms with Crippen LogP contribution in [0.4, 0.5) is 0 Å². The molecular weight excluding hydrogens is 776 g/mol. The predicted molar refractivity (Wildman–Crippen MR) is 201 cm³/mol. The summed E-state index contributed by atoms with van der Waals surface area (Å²) in [6.45, 7) is 0.0347. The molecule has 0 radical (unpaired) electrons. The summed E-state index contributed by atoms with van der Waals surface area (Å²) >= 11 is 0. The highest BCUT2D eigenvalue weighted by Crippen LogP contribution is 2.61. The number of carbonyl (C=O) groups excluding carboxylic acids is 1. The van der Waals surface area contributed by atoms with E-state index in [1.165, 1.54) is 27.5 Å².